The molecule has 0 atom stereocenters. The van der Waals surface area contributed by atoms with Crippen molar-refractivity contribution in [3.8, 4) is 22.4 Å². The molecule has 24 heavy (non-hydrogen) atoms. The Labute approximate surface area is 140 Å². The Morgan fingerprint density at radius 2 is 1.71 bits per heavy atom. The molecule has 0 bridgehead atoms. The average Bonchev–Trinajstić information content (AvgIpc) is 3.02. The molecule has 1 aliphatic carbocycles. The van der Waals surface area contributed by atoms with E-state index in [1.54, 1.807) is 0 Å². The third-order valence-corrected chi connectivity index (χ3v) is 4.82. The zero-order valence-corrected chi connectivity index (χ0v) is 13.5. The van der Waals surface area contributed by atoms with Gasteiger partial charge in [-0.05, 0) is 35.7 Å². The van der Waals surface area contributed by atoms with Gasteiger partial charge in [0.2, 0.25) is 0 Å². The van der Waals surface area contributed by atoms with Gasteiger partial charge in [-0.3, -0.25) is 4.98 Å². The highest BCUT2D eigenvalue weighted by Crippen LogP contribution is 2.43. The molecule has 2 aromatic carbocycles. The first-order valence-corrected chi connectivity index (χ1v) is 8.24. The molecule has 5 rings (SSSR count). The lowest BCUT2D eigenvalue weighted by Gasteiger charge is -2.11. The summed E-state index contributed by atoms with van der Waals surface area (Å²) >= 11 is 0. The highest BCUT2D eigenvalue weighted by atomic mass is 14.8. The summed E-state index contributed by atoms with van der Waals surface area (Å²) in [6.07, 6.45) is 2.78. The van der Waals surface area contributed by atoms with Crippen molar-refractivity contribution in [2.24, 2.45) is 0 Å². The van der Waals surface area contributed by atoms with Crippen molar-refractivity contribution in [3.63, 3.8) is 0 Å². The van der Waals surface area contributed by atoms with Gasteiger partial charge in [0.25, 0.3) is 0 Å². The number of aromatic nitrogens is 2. The van der Waals surface area contributed by atoms with Crippen LogP contribution in [-0.4, -0.2) is 9.97 Å². The fourth-order valence-corrected chi connectivity index (χ4v) is 3.65. The quantitative estimate of drug-likeness (QED) is 0.426. The minimum Gasteiger partial charge on any atom is -0.254 e. The summed E-state index contributed by atoms with van der Waals surface area (Å²) in [6.45, 7) is 2.11. The van der Waals surface area contributed by atoms with E-state index in [0.717, 1.165) is 23.1 Å². The second-order valence-corrected chi connectivity index (χ2v) is 6.39. The number of hydrogen-bond donors (Lipinski definition) is 0. The topological polar surface area (TPSA) is 25.8 Å². The summed E-state index contributed by atoms with van der Waals surface area (Å²) in [5, 5.41) is 0. The Morgan fingerprint density at radius 3 is 2.58 bits per heavy atom. The van der Waals surface area contributed by atoms with Gasteiger partial charge < -0.3 is 0 Å². The molecule has 4 aromatic rings. The molecule has 0 unspecified atom stereocenters. The Balaban J connectivity index is 1.88. The minimum absolute atomic E-state index is 0.925. The fraction of sp³-hybridized carbons (Fsp3) is 0.0909. The molecular weight excluding hydrogens is 292 g/mol. The second-order valence-electron chi connectivity index (χ2n) is 6.39. The number of pyridine rings is 2. The van der Waals surface area contributed by atoms with Crippen LogP contribution >= 0.6 is 0 Å². The first-order chi connectivity index (χ1) is 11.8. The van der Waals surface area contributed by atoms with Crippen molar-refractivity contribution in [2.75, 3.05) is 0 Å². The van der Waals surface area contributed by atoms with Crippen LogP contribution < -0.4 is 0 Å². The number of rotatable bonds is 1. The maximum Gasteiger partial charge on any atom is 0.0968 e. The van der Waals surface area contributed by atoms with Crippen LogP contribution in [0, 0.1) is 6.92 Å². The van der Waals surface area contributed by atoms with Gasteiger partial charge in [-0.2, -0.15) is 0 Å². The Morgan fingerprint density at radius 1 is 0.875 bits per heavy atom. The highest BCUT2D eigenvalue weighted by Gasteiger charge is 2.25. The first kappa shape index (κ1) is 13.4. The number of fused-ring (bicyclic) bond motifs is 5. The van der Waals surface area contributed by atoms with Gasteiger partial charge in [0.1, 0.15) is 0 Å². The maximum atomic E-state index is 4.97. The third-order valence-electron chi connectivity index (χ3n) is 4.82. The van der Waals surface area contributed by atoms with Gasteiger partial charge in [0.05, 0.1) is 16.7 Å². The van der Waals surface area contributed by atoms with Crippen LogP contribution in [0.15, 0.2) is 66.9 Å². The van der Waals surface area contributed by atoms with Gasteiger partial charge in [-0.1, -0.05) is 54.1 Å². The monoisotopic (exact) mass is 308 g/mol. The van der Waals surface area contributed by atoms with Crippen LogP contribution in [-0.2, 0) is 6.42 Å². The van der Waals surface area contributed by atoms with Crippen LogP contribution in [0.5, 0.6) is 0 Å². The van der Waals surface area contributed by atoms with Gasteiger partial charge in [0.15, 0.2) is 0 Å². The Hall–Kier alpha value is -3.00. The standard InChI is InChI=1S/C22H16N2/c1-14-8-10-15(11-9-14)21-18-13-16-5-2-3-6-17(16)20(18)22-19(24-21)7-4-12-23-22/h2-12H,13H2,1H3. The molecule has 0 radical (unpaired) electrons. The van der Waals surface area contributed by atoms with Gasteiger partial charge in [-0.15, -0.1) is 0 Å². The van der Waals surface area contributed by atoms with Crippen molar-refractivity contribution in [3.05, 3.63) is 83.6 Å². The summed E-state index contributed by atoms with van der Waals surface area (Å²) < 4.78 is 0. The number of hydrogen-bond acceptors (Lipinski definition) is 2. The molecular formula is C22H16N2. The lowest BCUT2D eigenvalue weighted by molar-refractivity contribution is 1.22. The van der Waals surface area contributed by atoms with Crippen molar-refractivity contribution in [1.29, 1.82) is 0 Å². The van der Waals surface area contributed by atoms with Crippen molar-refractivity contribution in [1.82, 2.24) is 9.97 Å². The van der Waals surface area contributed by atoms with Crippen molar-refractivity contribution < 1.29 is 0 Å². The van der Waals surface area contributed by atoms with E-state index in [0.29, 0.717) is 0 Å². The average molecular weight is 308 g/mol. The fourth-order valence-electron chi connectivity index (χ4n) is 3.65. The predicted octanol–water partition coefficient (Wildman–Crippen LogP) is 5.18. The van der Waals surface area contributed by atoms with E-state index in [1.165, 1.54) is 33.4 Å². The predicted molar refractivity (Wildman–Crippen MR) is 98.0 cm³/mol. The van der Waals surface area contributed by atoms with E-state index in [2.05, 4.69) is 66.5 Å². The van der Waals surface area contributed by atoms with Gasteiger partial charge in [-0.25, -0.2) is 4.98 Å². The van der Waals surface area contributed by atoms with E-state index in [9.17, 15) is 0 Å². The molecule has 1 aliphatic rings. The van der Waals surface area contributed by atoms with E-state index in [1.807, 2.05) is 12.3 Å². The molecule has 0 aliphatic heterocycles. The summed E-state index contributed by atoms with van der Waals surface area (Å²) in [7, 11) is 0. The lowest BCUT2D eigenvalue weighted by Crippen LogP contribution is -1.95. The van der Waals surface area contributed by atoms with Gasteiger partial charge in [0, 0.05) is 23.7 Å². The second kappa shape index (κ2) is 5.00. The highest BCUT2D eigenvalue weighted by molar-refractivity contribution is 5.99. The summed E-state index contributed by atoms with van der Waals surface area (Å²) in [6, 6.07) is 21.3. The van der Waals surface area contributed by atoms with Crippen LogP contribution in [0.25, 0.3) is 33.4 Å². The lowest BCUT2D eigenvalue weighted by atomic mass is 9.99. The van der Waals surface area contributed by atoms with E-state index < -0.39 is 0 Å². The zero-order chi connectivity index (χ0) is 16.1. The van der Waals surface area contributed by atoms with E-state index >= 15 is 0 Å². The Bertz CT molecular complexity index is 1080. The Kier molecular flexibility index (Phi) is 2.80. The van der Waals surface area contributed by atoms with Crippen LogP contribution in [0.1, 0.15) is 16.7 Å². The van der Waals surface area contributed by atoms with Crippen molar-refractivity contribution in [2.45, 2.75) is 13.3 Å². The summed E-state index contributed by atoms with van der Waals surface area (Å²) in [4.78, 5) is 9.61. The summed E-state index contributed by atoms with van der Waals surface area (Å²) in [5.74, 6) is 0. The summed E-state index contributed by atoms with van der Waals surface area (Å²) in [5.41, 5.74) is 10.7. The van der Waals surface area contributed by atoms with E-state index in [4.69, 9.17) is 4.98 Å². The molecule has 0 saturated carbocycles. The van der Waals surface area contributed by atoms with Crippen LogP contribution in [0.4, 0.5) is 0 Å². The minimum atomic E-state index is 0.925. The number of aryl methyl sites for hydroxylation is 1. The zero-order valence-electron chi connectivity index (χ0n) is 13.5. The number of benzene rings is 2. The SMILES string of the molecule is Cc1ccc(-c2nc3cccnc3c3c2Cc2ccccc2-3)cc1. The molecule has 114 valence electrons. The molecule has 0 fully saturated rings. The molecule has 2 aromatic heterocycles. The normalized spacial score (nSPS) is 12.2. The smallest absolute Gasteiger partial charge is 0.0968 e. The molecule has 2 nitrogen and oxygen atoms in total. The van der Waals surface area contributed by atoms with Crippen molar-refractivity contribution >= 4 is 11.0 Å². The first-order valence-electron chi connectivity index (χ1n) is 8.24. The maximum absolute atomic E-state index is 4.97. The van der Waals surface area contributed by atoms with Crippen LogP contribution in [0.3, 0.4) is 0 Å². The molecule has 2 heterocycles. The van der Waals surface area contributed by atoms with Gasteiger partial charge >= 0.3 is 0 Å². The van der Waals surface area contributed by atoms with E-state index in [-0.39, 0.29) is 0 Å². The molecule has 0 spiro atoms. The van der Waals surface area contributed by atoms with Crippen LogP contribution in [0.2, 0.25) is 0 Å². The molecule has 0 amide bonds. The molecule has 0 N–H and O–H groups in total. The molecule has 2 heteroatoms. The number of nitrogens with zero attached hydrogens (tertiary/aromatic N) is 2. The largest absolute Gasteiger partial charge is 0.254 e. The molecule has 0 saturated heterocycles. The third kappa shape index (κ3) is 1.89.